The number of carbonyl (C=O) groups is 1. The molecule has 3 aliphatic rings. The van der Waals surface area contributed by atoms with Crippen molar-refractivity contribution in [2.75, 3.05) is 46.1 Å². The molecule has 1 aromatic carbocycles. The van der Waals surface area contributed by atoms with E-state index in [1.165, 1.54) is 12.0 Å². The van der Waals surface area contributed by atoms with Gasteiger partial charge in [-0.05, 0) is 37.5 Å². The minimum Gasteiger partial charge on any atom is -0.454 e. The van der Waals surface area contributed by atoms with Crippen molar-refractivity contribution in [2.45, 2.75) is 38.8 Å². The molecule has 3 heterocycles. The zero-order valence-corrected chi connectivity index (χ0v) is 16.8. The van der Waals surface area contributed by atoms with Crippen LogP contribution in [0.25, 0.3) is 0 Å². The van der Waals surface area contributed by atoms with Crippen molar-refractivity contribution in [3.8, 4) is 11.5 Å². The number of rotatable bonds is 5. The first-order chi connectivity index (χ1) is 13.7. The summed E-state index contributed by atoms with van der Waals surface area (Å²) in [6, 6.07) is 6.75. The van der Waals surface area contributed by atoms with Gasteiger partial charge in [-0.2, -0.15) is 0 Å². The van der Waals surface area contributed by atoms with Crippen molar-refractivity contribution in [3.63, 3.8) is 0 Å². The minimum absolute atomic E-state index is 0.268. The number of benzene rings is 1. The molecule has 0 aliphatic carbocycles. The Morgan fingerprint density at radius 3 is 2.79 bits per heavy atom. The molecule has 2 fully saturated rings. The van der Waals surface area contributed by atoms with Crippen molar-refractivity contribution < 1.29 is 14.3 Å². The highest BCUT2D eigenvalue weighted by molar-refractivity contribution is 5.77. The fourth-order valence-electron chi connectivity index (χ4n) is 4.41. The normalized spacial score (nSPS) is 23.5. The van der Waals surface area contributed by atoms with Crippen LogP contribution in [-0.2, 0) is 11.3 Å². The second kappa shape index (κ2) is 8.97. The summed E-state index contributed by atoms with van der Waals surface area (Å²) in [6.07, 6.45) is 6.77. The number of nitrogens with zero attached hydrogens (tertiary/aromatic N) is 3. The molecule has 152 valence electrons. The van der Waals surface area contributed by atoms with E-state index in [1.54, 1.807) is 0 Å². The van der Waals surface area contributed by atoms with Gasteiger partial charge in [0, 0.05) is 58.3 Å². The highest BCUT2D eigenvalue weighted by Gasteiger charge is 2.29. The molecule has 0 bridgehead atoms. The second-order valence-electron chi connectivity index (χ2n) is 7.91. The number of hydrogen-bond acceptors (Lipinski definition) is 5. The molecule has 6 heteroatoms. The lowest BCUT2D eigenvalue weighted by Crippen LogP contribution is -2.55. The Morgan fingerprint density at radius 2 is 1.96 bits per heavy atom. The van der Waals surface area contributed by atoms with Gasteiger partial charge < -0.3 is 14.4 Å². The molecule has 0 aromatic heterocycles. The number of likely N-dealkylation sites (tertiary alicyclic amines) is 1. The Balaban J connectivity index is 1.26. The fraction of sp³-hybridized carbons (Fsp3) is 0.591. The van der Waals surface area contributed by atoms with Gasteiger partial charge in [-0.1, -0.05) is 18.2 Å². The number of ether oxygens (including phenoxy) is 2. The standard InChI is InChI=1S/C22H31N3O3/c1-2-3-6-22(26)25-9-4-5-19(16-25)24-12-10-23(11-13-24)15-18-7-8-20-21(14-18)28-17-27-20/h2-3,7-8,14,19H,4-6,9-13,15-17H2,1H3/b3-2+/t19-/m0/s1. The number of hydrogen-bond donors (Lipinski definition) is 0. The molecule has 0 radical (unpaired) electrons. The molecular weight excluding hydrogens is 354 g/mol. The van der Waals surface area contributed by atoms with Crippen LogP contribution in [0.4, 0.5) is 0 Å². The van der Waals surface area contributed by atoms with E-state index >= 15 is 0 Å². The average Bonchev–Trinajstić information content (AvgIpc) is 3.20. The first-order valence-corrected chi connectivity index (χ1v) is 10.5. The molecule has 1 atom stereocenters. The van der Waals surface area contributed by atoms with Gasteiger partial charge in [0.1, 0.15) is 0 Å². The van der Waals surface area contributed by atoms with Crippen LogP contribution in [0.5, 0.6) is 11.5 Å². The lowest BCUT2D eigenvalue weighted by Gasteiger charge is -2.43. The summed E-state index contributed by atoms with van der Waals surface area (Å²) in [6.45, 7) is 9.33. The third-order valence-corrected chi connectivity index (χ3v) is 6.04. The lowest BCUT2D eigenvalue weighted by atomic mass is 10.0. The third kappa shape index (κ3) is 4.50. The first-order valence-electron chi connectivity index (χ1n) is 10.5. The van der Waals surface area contributed by atoms with Crippen molar-refractivity contribution in [3.05, 3.63) is 35.9 Å². The second-order valence-corrected chi connectivity index (χ2v) is 7.91. The molecule has 4 rings (SSSR count). The molecule has 1 aromatic rings. The van der Waals surface area contributed by atoms with Crippen LogP contribution in [0.3, 0.4) is 0 Å². The molecule has 1 amide bonds. The summed E-state index contributed by atoms with van der Waals surface area (Å²) in [7, 11) is 0. The Bertz CT molecular complexity index is 713. The van der Waals surface area contributed by atoms with E-state index in [0.717, 1.165) is 63.7 Å². The van der Waals surface area contributed by atoms with Crippen molar-refractivity contribution >= 4 is 5.91 Å². The predicted octanol–water partition coefficient (Wildman–Crippen LogP) is 2.49. The predicted molar refractivity (Wildman–Crippen MR) is 108 cm³/mol. The number of piperidine rings is 1. The number of piperazine rings is 1. The molecule has 0 spiro atoms. The van der Waals surface area contributed by atoms with E-state index in [2.05, 4.69) is 26.8 Å². The lowest BCUT2D eigenvalue weighted by molar-refractivity contribution is -0.132. The van der Waals surface area contributed by atoms with Gasteiger partial charge in [-0.3, -0.25) is 14.6 Å². The Hall–Kier alpha value is -2.05. The van der Waals surface area contributed by atoms with E-state index in [0.29, 0.717) is 19.3 Å². The minimum atomic E-state index is 0.268. The van der Waals surface area contributed by atoms with Gasteiger partial charge in [-0.15, -0.1) is 0 Å². The average molecular weight is 386 g/mol. The summed E-state index contributed by atoms with van der Waals surface area (Å²) in [5.41, 5.74) is 1.27. The first kappa shape index (κ1) is 19.3. The summed E-state index contributed by atoms with van der Waals surface area (Å²) < 4.78 is 10.9. The highest BCUT2D eigenvalue weighted by atomic mass is 16.7. The molecule has 6 nitrogen and oxygen atoms in total. The molecule has 0 saturated carbocycles. The van der Waals surface area contributed by atoms with Gasteiger partial charge in [0.25, 0.3) is 0 Å². The maximum absolute atomic E-state index is 12.4. The Kier molecular flexibility index (Phi) is 6.17. The van der Waals surface area contributed by atoms with Gasteiger partial charge in [0.05, 0.1) is 0 Å². The van der Waals surface area contributed by atoms with Gasteiger partial charge in [0.2, 0.25) is 12.7 Å². The van der Waals surface area contributed by atoms with Crippen LogP contribution >= 0.6 is 0 Å². The zero-order valence-electron chi connectivity index (χ0n) is 16.8. The smallest absolute Gasteiger partial charge is 0.231 e. The fourth-order valence-corrected chi connectivity index (χ4v) is 4.41. The van der Waals surface area contributed by atoms with Crippen LogP contribution in [0.1, 0.15) is 31.7 Å². The van der Waals surface area contributed by atoms with Crippen molar-refractivity contribution in [2.24, 2.45) is 0 Å². The quantitative estimate of drug-likeness (QED) is 0.729. The summed E-state index contributed by atoms with van der Waals surface area (Å²) in [5, 5.41) is 0. The van der Waals surface area contributed by atoms with Crippen LogP contribution in [0.2, 0.25) is 0 Å². The number of carbonyl (C=O) groups excluding carboxylic acids is 1. The van der Waals surface area contributed by atoms with E-state index in [1.807, 2.05) is 25.1 Å². The van der Waals surface area contributed by atoms with E-state index in [9.17, 15) is 4.79 Å². The van der Waals surface area contributed by atoms with Crippen molar-refractivity contribution in [1.29, 1.82) is 0 Å². The largest absolute Gasteiger partial charge is 0.454 e. The molecule has 0 N–H and O–H groups in total. The third-order valence-electron chi connectivity index (χ3n) is 6.04. The van der Waals surface area contributed by atoms with E-state index in [4.69, 9.17) is 9.47 Å². The summed E-state index contributed by atoms with van der Waals surface area (Å²) in [4.78, 5) is 19.5. The van der Waals surface area contributed by atoms with Crippen LogP contribution < -0.4 is 9.47 Å². The number of amides is 1. The monoisotopic (exact) mass is 385 g/mol. The number of fused-ring (bicyclic) bond motifs is 1. The van der Waals surface area contributed by atoms with E-state index < -0.39 is 0 Å². The topological polar surface area (TPSA) is 45.3 Å². The molecule has 28 heavy (non-hydrogen) atoms. The summed E-state index contributed by atoms with van der Waals surface area (Å²) in [5.74, 6) is 1.98. The Labute approximate surface area is 167 Å². The maximum atomic E-state index is 12.4. The van der Waals surface area contributed by atoms with Crippen LogP contribution in [-0.4, -0.2) is 72.7 Å². The van der Waals surface area contributed by atoms with Gasteiger partial charge >= 0.3 is 0 Å². The number of allylic oxidation sites excluding steroid dienone is 1. The molecule has 3 aliphatic heterocycles. The van der Waals surface area contributed by atoms with Crippen LogP contribution in [0.15, 0.2) is 30.4 Å². The SMILES string of the molecule is C/C=C/CC(=O)N1CCC[C@H](N2CCN(Cc3ccc4c(c3)OCO4)CC2)C1. The molecular formula is C22H31N3O3. The molecule has 2 saturated heterocycles. The van der Waals surface area contributed by atoms with Gasteiger partial charge in [-0.25, -0.2) is 0 Å². The maximum Gasteiger partial charge on any atom is 0.231 e. The van der Waals surface area contributed by atoms with Crippen molar-refractivity contribution in [1.82, 2.24) is 14.7 Å². The Morgan fingerprint density at radius 1 is 1.14 bits per heavy atom. The van der Waals surface area contributed by atoms with Gasteiger partial charge in [0.15, 0.2) is 11.5 Å². The molecule has 0 unspecified atom stereocenters. The van der Waals surface area contributed by atoms with E-state index in [-0.39, 0.29) is 5.91 Å². The summed E-state index contributed by atoms with van der Waals surface area (Å²) >= 11 is 0. The van der Waals surface area contributed by atoms with Crippen LogP contribution in [0, 0.1) is 0 Å². The zero-order chi connectivity index (χ0) is 19.3. The highest BCUT2D eigenvalue weighted by Crippen LogP contribution is 2.33.